The first-order chi connectivity index (χ1) is 16.4. The minimum absolute atomic E-state index is 0.0336. The lowest BCUT2D eigenvalue weighted by Gasteiger charge is -2.13. The number of carbonyl (C=O) groups is 1. The van der Waals surface area contributed by atoms with Gasteiger partial charge in [0.15, 0.2) is 16.7 Å². The number of benzene rings is 3. The van der Waals surface area contributed by atoms with Crippen LogP contribution in [-0.4, -0.2) is 17.7 Å². The standard InChI is InChI=1S/C25H19Cl2FN2O3S/c1-2-32-22-11-16(5-10-21(22)33-14-15-3-6-17(26)7-4-15)12-23-24(31)30-25(34-23)29-18-8-9-20(28)19(27)13-18/h3-13H,2,14H2,1H3,(H,29,30,31). The van der Waals surface area contributed by atoms with Crippen LogP contribution in [0.5, 0.6) is 11.5 Å². The topological polar surface area (TPSA) is 59.9 Å². The summed E-state index contributed by atoms with van der Waals surface area (Å²) in [5, 5.41) is 3.72. The Morgan fingerprint density at radius 1 is 1.03 bits per heavy atom. The maximum atomic E-state index is 13.4. The first-order valence-electron chi connectivity index (χ1n) is 10.3. The van der Waals surface area contributed by atoms with E-state index in [1.54, 1.807) is 12.1 Å². The summed E-state index contributed by atoms with van der Waals surface area (Å²) < 4.78 is 25.0. The van der Waals surface area contributed by atoms with Gasteiger partial charge in [-0.05, 0) is 78.4 Å². The van der Waals surface area contributed by atoms with E-state index in [1.165, 1.54) is 30.0 Å². The number of hydrogen-bond acceptors (Lipinski definition) is 5. The number of ether oxygens (including phenoxy) is 2. The number of aliphatic imine (C=N–C) groups is 1. The number of amidine groups is 1. The third-order valence-electron chi connectivity index (χ3n) is 4.66. The Morgan fingerprint density at radius 3 is 2.56 bits per heavy atom. The number of hydrogen-bond donors (Lipinski definition) is 1. The van der Waals surface area contributed by atoms with Crippen LogP contribution in [0.4, 0.5) is 10.1 Å². The van der Waals surface area contributed by atoms with E-state index in [9.17, 15) is 9.18 Å². The van der Waals surface area contributed by atoms with Gasteiger partial charge in [0.05, 0.1) is 22.2 Å². The molecule has 5 nitrogen and oxygen atoms in total. The molecule has 3 aromatic rings. The Bertz CT molecular complexity index is 1280. The number of carbonyl (C=O) groups excluding carboxylic acids is 1. The number of nitrogens with zero attached hydrogens (tertiary/aromatic N) is 1. The second kappa shape index (κ2) is 11.0. The third kappa shape index (κ3) is 6.11. The summed E-state index contributed by atoms with van der Waals surface area (Å²) in [5.74, 6) is 0.361. The van der Waals surface area contributed by atoms with Crippen molar-refractivity contribution < 1.29 is 18.7 Å². The summed E-state index contributed by atoms with van der Waals surface area (Å²) in [4.78, 5) is 17.2. The fraction of sp³-hybridized carbons (Fsp3) is 0.120. The molecular weight excluding hydrogens is 498 g/mol. The van der Waals surface area contributed by atoms with E-state index in [0.717, 1.165) is 11.1 Å². The normalized spacial score (nSPS) is 15.6. The van der Waals surface area contributed by atoms with E-state index in [0.29, 0.717) is 45.5 Å². The van der Waals surface area contributed by atoms with Gasteiger partial charge in [-0.2, -0.15) is 0 Å². The minimum Gasteiger partial charge on any atom is -0.490 e. The van der Waals surface area contributed by atoms with E-state index in [-0.39, 0.29) is 10.9 Å². The zero-order chi connectivity index (χ0) is 24.1. The molecule has 1 aliphatic heterocycles. The highest BCUT2D eigenvalue weighted by Crippen LogP contribution is 2.33. The fourth-order valence-corrected chi connectivity index (χ4v) is 4.19. The van der Waals surface area contributed by atoms with Crippen LogP contribution < -0.4 is 14.8 Å². The minimum atomic E-state index is -0.528. The Labute approximate surface area is 210 Å². The summed E-state index contributed by atoms with van der Waals surface area (Å²) in [6.45, 7) is 2.71. The molecular formula is C25H19Cl2FN2O3S. The van der Waals surface area contributed by atoms with Crippen LogP contribution in [-0.2, 0) is 11.4 Å². The smallest absolute Gasteiger partial charge is 0.264 e. The van der Waals surface area contributed by atoms with Crippen LogP contribution in [0.1, 0.15) is 18.1 Å². The zero-order valence-corrected chi connectivity index (χ0v) is 20.3. The van der Waals surface area contributed by atoms with Gasteiger partial charge in [0.2, 0.25) is 0 Å². The van der Waals surface area contributed by atoms with Gasteiger partial charge in [0.25, 0.3) is 5.91 Å². The molecule has 9 heteroatoms. The molecule has 4 rings (SSSR count). The molecule has 0 aliphatic carbocycles. The van der Waals surface area contributed by atoms with Crippen LogP contribution in [0.2, 0.25) is 10.0 Å². The van der Waals surface area contributed by atoms with Crippen molar-refractivity contribution in [1.29, 1.82) is 0 Å². The highest BCUT2D eigenvalue weighted by Gasteiger charge is 2.24. The van der Waals surface area contributed by atoms with Crippen LogP contribution in [0.3, 0.4) is 0 Å². The molecule has 0 unspecified atom stereocenters. The van der Waals surface area contributed by atoms with Crippen LogP contribution >= 0.6 is 35.0 Å². The number of amides is 1. The summed E-state index contributed by atoms with van der Waals surface area (Å²) >= 11 is 12.9. The molecule has 0 spiro atoms. The Hall–Kier alpha value is -3.00. The number of nitrogens with one attached hydrogen (secondary N) is 1. The van der Waals surface area contributed by atoms with Crippen LogP contribution in [0, 0.1) is 5.82 Å². The summed E-state index contributed by atoms with van der Waals surface area (Å²) in [7, 11) is 0. The van der Waals surface area contributed by atoms with Crippen molar-refractivity contribution in [2.24, 2.45) is 4.99 Å². The lowest BCUT2D eigenvalue weighted by Crippen LogP contribution is -2.19. The number of rotatable bonds is 7. The molecule has 0 saturated carbocycles. The molecule has 174 valence electrons. The average Bonchev–Trinajstić information content (AvgIpc) is 3.15. The molecule has 0 aromatic heterocycles. The number of halogens is 3. The molecule has 0 radical (unpaired) electrons. The van der Waals surface area contributed by atoms with Gasteiger partial charge < -0.3 is 14.8 Å². The molecule has 34 heavy (non-hydrogen) atoms. The van der Waals surface area contributed by atoms with E-state index < -0.39 is 5.82 Å². The molecule has 1 aliphatic rings. The van der Waals surface area contributed by atoms with Crippen molar-refractivity contribution in [3.63, 3.8) is 0 Å². The maximum absolute atomic E-state index is 13.4. The van der Waals surface area contributed by atoms with Crippen molar-refractivity contribution in [2.75, 3.05) is 6.61 Å². The van der Waals surface area contributed by atoms with Gasteiger partial charge in [-0.3, -0.25) is 4.79 Å². The van der Waals surface area contributed by atoms with Crippen LogP contribution in [0.15, 0.2) is 70.6 Å². The molecule has 0 atom stereocenters. The van der Waals surface area contributed by atoms with Gasteiger partial charge >= 0.3 is 0 Å². The quantitative estimate of drug-likeness (QED) is 0.343. The first kappa shape index (κ1) is 24.1. The lowest BCUT2D eigenvalue weighted by atomic mass is 10.2. The fourth-order valence-electron chi connectivity index (χ4n) is 3.05. The van der Waals surface area contributed by atoms with Gasteiger partial charge in [0.1, 0.15) is 12.4 Å². The van der Waals surface area contributed by atoms with Crippen molar-refractivity contribution in [3.8, 4) is 11.5 Å². The average molecular weight is 517 g/mol. The molecule has 1 N–H and O–H groups in total. The third-order valence-corrected chi connectivity index (χ3v) is 6.11. The van der Waals surface area contributed by atoms with Crippen molar-refractivity contribution in [3.05, 3.63) is 92.6 Å². The van der Waals surface area contributed by atoms with Crippen molar-refractivity contribution >= 4 is 57.8 Å². The van der Waals surface area contributed by atoms with Crippen molar-refractivity contribution in [1.82, 2.24) is 5.32 Å². The SMILES string of the molecule is CCOc1cc(C=C2SC(=Nc3ccc(F)c(Cl)c3)NC2=O)ccc1OCc1ccc(Cl)cc1. The number of thioether (sulfide) groups is 1. The Kier molecular flexibility index (Phi) is 7.77. The largest absolute Gasteiger partial charge is 0.490 e. The van der Waals surface area contributed by atoms with E-state index >= 15 is 0 Å². The highest BCUT2D eigenvalue weighted by atomic mass is 35.5. The second-order valence-corrected chi connectivity index (χ2v) is 9.01. The van der Waals surface area contributed by atoms with Gasteiger partial charge in [-0.25, -0.2) is 9.38 Å². The molecule has 1 amide bonds. The summed E-state index contributed by atoms with van der Waals surface area (Å²) in [5.41, 5.74) is 2.19. The Morgan fingerprint density at radius 2 is 1.82 bits per heavy atom. The van der Waals surface area contributed by atoms with E-state index in [2.05, 4.69) is 10.3 Å². The zero-order valence-electron chi connectivity index (χ0n) is 18.0. The van der Waals surface area contributed by atoms with E-state index in [4.69, 9.17) is 32.7 Å². The lowest BCUT2D eigenvalue weighted by molar-refractivity contribution is -0.115. The van der Waals surface area contributed by atoms with Gasteiger partial charge in [-0.1, -0.05) is 41.4 Å². The second-order valence-electron chi connectivity index (χ2n) is 7.13. The van der Waals surface area contributed by atoms with Gasteiger partial charge in [-0.15, -0.1) is 0 Å². The molecule has 0 bridgehead atoms. The predicted octanol–water partition coefficient (Wildman–Crippen LogP) is 7.00. The van der Waals surface area contributed by atoms with Gasteiger partial charge in [0, 0.05) is 5.02 Å². The highest BCUT2D eigenvalue weighted by molar-refractivity contribution is 8.18. The Balaban J connectivity index is 1.50. The van der Waals surface area contributed by atoms with Crippen LogP contribution in [0.25, 0.3) is 6.08 Å². The molecule has 1 fully saturated rings. The van der Waals surface area contributed by atoms with Crippen molar-refractivity contribution in [2.45, 2.75) is 13.5 Å². The summed E-state index contributed by atoms with van der Waals surface area (Å²) in [6, 6.07) is 17.0. The monoisotopic (exact) mass is 516 g/mol. The molecule has 3 aromatic carbocycles. The van der Waals surface area contributed by atoms with E-state index in [1.807, 2.05) is 43.3 Å². The molecule has 1 saturated heterocycles. The molecule has 1 heterocycles. The summed E-state index contributed by atoms with van der Waals surface area (Å²) in [6.07, 6.45) is 1.74. The predicted molar refractivity (Wildman–Crippen MR) is 136 cm³/mol. The first-order valence-corrected chi connectivity index (χ1v) is 11.9. The maximum Gasteiger partial charge on any atom is 0.264 e.